The minimum Gasteiger partial charge on any atom is -0.371 e. The molecular weight excluding hydrogens is 278 g/mol. The topological polar surface area (TPSA) is 58.4 Å². The number of aryl methyl sites for hydroxylation is 1. The van der Waals surface area contributed by atoms with Gasteiger partial charge in [-0.25, -0.2) is 0 Å². The Balaban J connectivity index is 1.44. The molecule has 5 heteroatoms. The molecule has 0 bridgehead atoms. The van der Waals surface area contributed by atoms with E-state index in [1.165, 1.54) is 5.69 Å². The summed E-state index contributed by atoms with van der Waals surface area (Å²) in [6, 6.07) is 12.2. The molecule has 2 aromatic rings. The van der Waals surface area contributed by atoms with Gasteiger partial charge in [0.05, 0.1) is 12.1 Å². The highest BCUT2D eigenvalue weighted by atomic mass is 16.5. The first-order chi connectivity index (χ1) is 10.7. The van der Waals surface area contributed by atoms with Gasteiger partial charge in [-0.15, -0.1) is 0 Å². The quantitative estimate of drug-likeness (QED) is 0.919. The molecule has 0 aliphatic carbocycles. The number of carbonyl (C=O) groups is 1. The number of aromatic nitrogens is 1. The smallest absolute Gasteiger partial charge is 0.227 e. The van der Waals surface area contributed by atoms with Crippen molar-refractivity contribution in [3.63, 3.8) is 0 Å². The number of nitrogens with one attached hydrogen (secondary N) is 1. The van der Waals surface area contributed by atoms with Gasteiger partial charge in [0, 0.05) is 31.4 Å². The van der Waals surface area contributed by atoms with Crippen molar-refractivity contribution in [3.8, 4) is 0 Å². The number of para-hydroxylation sites is 1. The first kappa shape index (κ1) is 14.6. The van der Waals surface area contributed by atoms with Gasteiger partial charge in [-0.05, 0) is 31.4 Å². The lowest BCUT2D eigenvalue weighted by Gasteiger charge is -2.18. The van der Waals surface area contributed by atoms with Gasteiger partial charge in [-0.3, -0.25) is 4.79 Å². The fourth-order valence-electron chi connectivity index (χ4n) is 2.85. The van der Waals surface area contributed by atoms with E-state index in [-0.39, 0.29) is 12.3 Å². The molecule has 22 heavy (non-hydrogen) atoms. The molecule has 2 heterocycles. The Morgan fingerprint density at radius 2 is 2.23 bits per heavy atom. The minimum atomic E-state index is -0.00527. The molecule has 1 atom stereocenters. The van der Waals surface area contributed by atoms with Gasteiger partial charge >= 0.3 is 0 Å². The Bertz CT molecular complexity index is 624. The molecule has 0 saturated carbocycles. The Hall–Kier alpha value is -2.30. The highest BCUT2D eigenvalue weighted by Gasteiger charge is 2.23. The van der Waals surface area contributed by atoms with Crippen LogP contribution in [0.25, 0.3) is 0 Å². The molecule has 1 aliphatic rings. The predicted molar refractivity (Wildman–Crippen MR) is 84.7 cm³/mol. The second-order valence-electron chi connectivity index (χ2n) is 5.85. The van der Waals surface area contributed by atoms with Crippen LogP contribution in [0.3, 0.4) is 0 Å². The second kappa shape index (κ2) is 6.64. The molecule has 5 nitrogen and oxygen atoms in total. The molecule has 1 amide bonds. The van der Waals surface area contributed by atoms with E-state index < -0.39 is 0 Å². The molecule has 1 N–H and O–H groups in total. The van der Waals surface area contributed by atoms with Crippen LogP contribution in [-0.4, -0.2) is 30.7 Å². The zero-order valence-electron chi connectivity index (χ0n) is 12.8. The maximum atomic E-state index is 11.9. The van der Waals surface area contributed by atoms with Crippen LogP contribution < -0.4 is 10.2 Å². The largest absolute Gasteiger partial charge is 0.371 e. The fourth-order valence-corrected chi connectivity index (χ4v) is 2.85. The third-order valence-electron chi connectivity index (χ3n) is 4.01. The number of anilines is 1. The number of hydrogen-bond donors (Lipinski definition) is 1. The summed E-state index contributed by atoms with van der Waals surface area (Å²) in [4.78, 5) is 14.3. The predicted octanol–water partition coefficient (Wildman–Crippen LogP) is 2.17. The first-order valence-corrected chi connectivity index (χ1v) is 7.69. The summed E-state index contributed by atoms with van der Waals surface area (Å²) in [5.74, 6) is 1.11. The number of amides is 1. The molecule has 0 unspecified atom stereocenters. The fraction of sp³-hybridized carbons (Fsp3) is 0.412. The number of carbonyl (C=O) groups excluding carboxylic acids is 1. The van der Waals surface area contributed by atoms with Gasteiger partial charge in [0.15, 0.2) is 0 Å². The number of hydrogen-bond acceptors (Lipinski definition) is 4. The van der Waals surface area contributed by atoms with Crippen molar-refractivity contribution in [2.45, 2.75) is 19.8 Å². The molecule has 116 valence electrons. The van der Waals surface area contributed by atoms with Crippen molar-refractivity contribution in [3.05, 3.63) is 47.9 Å². The molecule has 1 aromatic heterocycles. The Kier molecular flexibility index (Phi) is 4.42. The zero-order chi connectivity index (χ0) is 15.4. The summed E-state index contributed by atoms with van der Waals surface area (Å²) in [7, 11) is 0. The van der Waals surface area contributed by atoms with Crippen molar-refractivity contribution in [1.82, 2.24) is 10.5 Å². The summed E-state index contributed by atoms with van der Waals surface area (Å²) in [6.45, 7) is 4.61. The van der Waals surface area contributed by atoms with Crippen molar-refractivity contribution in [2.75, 3.05) is 24.5 Å². The van der Waals surface area contributed by atoms with E-state index in [4.69, 9.17) is 4.52 Å². The second-order valence-corrected chi connectivity index (χ2v) is 5.85. The van der Waals surface area contributed by atoms with Crippen LogP contribution in [0.15, 0.2) is 40.9 Å². The normalized spacial score (nSPS) is 17.7. The molecule has 1 saturated heterocycles. The Morgan fingerprint density at radius 3 is 2.95 bits per heavy atom. The van der Waals surface area contributed by atoms with Crippen LogP contribution in [0.2, 0.25) is 0 Å². The van der Waals surface area contributed by atoms with E-state index in [1.807, 2.05) is 13.0 Å². The van der Waals surface area contributed by atoms with Crippen molar-refractivity contribution in [1.29, 1.82) is 0 Å². The zero-order valence-corrected chi connectivity index (χ0v) is 12.8. The Labute approximate surface area is 130 Å². The summed E-state index contributed by atoms with van der Waals surface area (Å²) in [6.07, 6.45) is 1.37. The standard InChI is InChI=1S/C17H21N3O2/c1-13-9-16(22-19-13)10-17(21)18-11-14-7-8-20(12-14)15-5-3-2-4-6-15/h2-6,9,14H,7-8,10-12H2,1H3,(H,18,21)/t14-/m0/s1. The van der Waals surface area contributed by atoms with E-state index in [0.717, 1.165) is 31.7 Å². The van der Waals surface area contributed by atoms with Crippen LogP contribution in [0, 0.1) is 12.8 Å². The average molecular weight is 299 g/mol. The third kappa shape index (κ3) is 3.67. The molecule has 0 spiro atoms. The van der Waals surface area contributed by atoms with Crippen LogP contribution in [0.5, 0.6) is 0 Å². The highest BCUT2D eigenvalue weighted by molar-refractivity contribution is 5.77. The summed E-state index contributed by atoms with van der Waals surface area (Å²) >= 11 is 0. The lowest BCUT2D eigenvalue weighted by Crippen LogP contribution is -2.31. The van der Waals surface area contributed by atoms with Crippen molar-refractivity contribution < 1.29 is 9.32 Å². The first-order valence-electron chi connectivity index (χ1n) is 7.69. The maximum Gasteiger partial charge on any atom is 0.227 e. The minimum absolute atomic E-state index is 0.00527. The average Bonchev–Trinajstić information content (AvgIpc) is 3.15. The highest BCUT2D eigenvalue weighted by Crippen LogP contribution is 2.22. The monoisotopic (exact) mass is 299 g/mol. The molecular formula is C17H21N3O2. The third-order valence-corrected chi connectivity index (χ3v) is 4.01. The van der Waals surface area contributed by atoms with E-state index in [2.05, 4.69) is 39.6 Å². The molecule has 0 radical (unpaired) electrons. The summed E-state index contributed by atoms with van der Waals surface area (Å²) in [5.41, 5.74) is 2.06. The van der Waals surface area contributed by atoms with E-state index >= 15 is 0 Å². The van der Waals surface area contributed by atoms with Gasteiger partial charge in [0.1, 0.15) is 5.76 Å². The van der Waals surface area contributed by atoms with Gasteiger partial charge in [0.2, 0.25) is 5.91 Å². The Morgan fingerprint density at radius 1 is 1.41 bits per heavy atom. The lowest BCUT2D eigenvalue weighted by atomic mass is 10.1. The summed E-state index contributed by atoms with van der Waals surface area (Å²) in [5, 5.41) is 6.79. The molecule has 1 aliphatic heterocycles. The van der Waals surface area contributed by atoms with E-state index in [0.29, 0.717) is 11.7 Å². The molecule has 3 rings (SSSR count). The number of nitrogens with zero attached hydrogens (tertiary/aromatic N) is 2. The molecule has 1 fully saturated rings. The van der Waals surface area contributed by atoms with E-state index in [1.54, 1.807) is 6.07 Å². The van der Waals surface area contributed by atoms with Crippen LogP contribution in [-0.2, 0) is 11.2 Å². The van der Waals surface area contributed by atoms with Gasteiger partial charge in [-0.1, -0.05) is 23.4 Å². The van der Waals surface area contributed by atoms with Crippen LogP contribution >= 0.6 is 0 Å². The van der Waals surface area contributed by atoms with Gasteiger partial charge in [0.25, 0.3) is 0 Å². The van der Waals surface area contributed by atoms with Crippen molar-refractivity contribution >= 4 is 11.6 Å². The van der Waals surface area contributed by atoms with Crippen LogP contribution in [0.1, 0.15) is 17.9 Å². The van der Waals surface area contributed by atoms with Gasteiger partial charge < -0.3 is 14.7 Å². The van der Waals surface area contributed by atoms with Crippen molar-refractivity contribution in [2.24, 2.45) is 5.92 Å². The SMILES string of the molecule is Cc1cc(CC(=O)NC[C@@H]2CCN(c3ccccc3)C2)on1. The summed E-state index contributed by atoms with van der Waals surface area (Å²) < 4.78 is 5.06. The maximum absolute atomic E-state index is 11.9. The molecule has 1 aromatic carbocycles. The van der Waals surface area contributed by atoms with Crippen LogP contribution in [0.4, 0.5) is 5.69 Å². The number of rotatable bonds is 5. The lowest BCUT2D eigenvalue weighted by molar-refractivity contribution is -0.120. The van der Waals surface area contributed by atoms with Gasteiger partial charge in [-0.2, -0.15) is 0 Å². The number of benzene rings is 1. The van der Waals surface area contributed by atoms with E-state index in [9.17, 15) is 4.79 Å².